The third kappa shape index (κ3) is 4.26. The van der Waals surface area contributed by atoms with Gasteiger partial charge in [-0.3, -0.25) is 0 Å². The highest BCUT2D eigenvalue weighted by molar-refractivity contribution is 7.89. The molecule has 0 atom stereocenters. The number of hydrogen-bond donors (Lipinski definition) is 1. The van der Waals surface area contributed by atoms with E-state index in [1.807, 2.05) is 19.9 Å². The molecular formula is C15H23NO4S. The smallest absolute Gasteiger partial charge is 0.240 e. The molecule has 1 aliphatic carbocycles. The summed E-state index contributed by atoms with van der Waals surface area (Å²) in [5.41, 5.74) is 2.40. The Balaban J connectivity index is 2.04. The number of fused-ring (bicyclic) bond motifs is 1. The molecule has 6 heteroatoms. The number of benzene rings is 1. The number of sulfonamides is 1. The summed E-state index contributed by atoms with van der Waals surface area (Å²) in [6.07, 6.45) is 2.55. The molecule has 0 fully saturated rings. The fourth-order valence-corrected chi connectivity index (χ4v) is 3.58. The van der Waals surface area contributed by atoms with Gasteiger partial charge in [-0.05, 0) is 56.4 Å². The van der Waals surface area contributed by atoms with E-state index in [2.05, 4.69) is 4.72 Å². The predicted octanol–water partition coefficient (Wildman–Crippen LogP) is 1.85. The Morgan fingerprint density at radius 3 is 2.48 bits per heavy atom. The van der Waals surface area contributed by atoms with Crippen LogP contribution in [0.5, 0.6) is 0 Å². The highest BCUT2D eigenvalue weighted by Gasteiger charge is 2.20. The Bertz CT molecular complexity index is 565. The van der Waals surface area contributed by atoms with Crippen molar-refractivity contribution in [3.8, 4) is 0 Å². The van der Waals surface area contributed by atoms with Gasteiger partial charge in [0.25, 0.3) is 0 Å². The first-order valence-electron chi connectivity index (χ1n) is 7.41. The monoisotopic (exact) mass is 313 g/mol. The van der Waals surface area contributed by atoms with Gasteiger partial charge in [-0.2, -0.15) is 0 Å². The molecule has 2 rings (SSSR count). The van der Waals surface area contributed by atoms with Gasteiger partial charge in [0, 0.05) is 13.2 Å². The molecule has 0 amide bonds. The molecule has 0 heterocycles. The molecule has 0 bridgehead atoms. The topological polar surface area (TPSA) is 64.6 Å². The van der Waals surface area contributed by atoms with Gasteiger partial charge < -0.3 is 9.47 Å². The van der Waals surface area contributed by atoms with E-state index in [-0.39, 0.29) is 6.54 Å². The number of hydrogen-bond acceptors (Lipinski definition) is 4. The summed E-state index contributed by atoms with van der Waals surface area (Å²) >= 11 is 0. The lowest BCUT2D eigenvalue weighted by Gasteiger charge is -2.17. The fourth-order valence-electron chi connectivity index (χ4n) is 2.51. The van der Waals surface area contributed by atoms with Crippen molar-refractivity contribution in [1.29, 1.82) is 0 Å². The largest absolute Gasteiger partial charge is 0.352 e. The molecule has 1 aromatic carbocycles. The van der Waals surface area contributed by atoms with E-state index >= 15 is 0 Å². The van der Waals surface area contributed by atoms with Crippen LogP contribution in [0.1, 0.15) is 31.4 Å². The van der Waals surface area contributed by atoms with Crippen molar-refractivity contribution in [3.05, 3.63) is 29.3 Å². The first kappa shape index (κ1) is 16.4. The van der Waals surface area contributed by atoms with E-state index in [0.717, 1.165) is 24.8 Å². The normalized spacial score (nSPS) is 14.6. The number of aryl methyl sites for hydroxylation is 2. The van der Waals surface area contributed by atoms with Crippen LogP contribution in [0.4, 0.5) is 0 Å². The van der Waals surface area contributed by atoms with Crippen molar-refractivity contribution < 1.29 is 17.9 Å². The standard InChI is InChI=1S/C15H23NO4S/c1-3-19-15(20-4-2)11-16-21(17,18)14-9-8-12-6-5-7-13(12)10-14/h8-10,15-16H,3-7,11H2,1-2H3. The van der Waals surface area contributed by atoms with Crippen molar-refractivity contribution in [2.45, 2.75) is 44.3 Å². The molecule has 1 aromatic rings. The second kappa shape index (κ2) is 7.35. The van der Waals surface area contributed by atoms with Crippen LogP contribution in [0, 0.1) is 0 Å². The van der Waals surface area contributed by atoms with E-state index in [9.17, 15) is 8.42 Å². The molecule has 0 aromatic heterocycles. The number of rotatable bonds is 8. The lowest BCUT2D eigenvalue weighted by atomic mass is 10.1. The van der Waals surface area contributed by atoms with E-state index < -0.39 is 16.3 Å². The van der Waals surface area contributed by atoms with Crippen LogP contribution < -0.4 is 4.72 Å². The van der Waals surface area contributed by atoms with E-state index in [1.165, 1.54) is 5.56 Å². The quantitative estimate of drug-likeness (QED) is 0.744. The van der Waals surface area contributed by atoms with Crippen molar-refractivity contribution in [3.63, 3.8) is 0 Å². The summed E-state index contributed by atoms with van der Waals surface area (Å²) in [4.78, 5) is 0.315. The SMILES string of the molecule is CCOC(CNS(=O)(=O)c1ccc2c(c1)CCC2)OCC. The van der Waals surface area contributed by atoms with Gasteiger partial charge >= 0.3 is 0 Å². The lowest BCUT2D eigenvalue weighted by Crippen LogP contribution is -2.35. The maximum atomic E-state index is 12.3. The summed E-state index contributed by atoms with van der Waals surface area (Å²) in [7, 11) is -3.52. The zero-order valence-electron chi connectivity index (χ0n) is 12.6. The minimum absolute atomic E-state index is 0.112. The van der Waals surface area contributed by atoms with Gasteiger partial charge in [0.1, 0.15) is 0 Å². The van der Waals surface area contributed by atoms with Crippen LogP contribution in [-0.2, 0) is 32.3 Å². The van der Waals surface area contributed by atoms with Gasteiger partial charge in [0.05, 0.1) is 11.4 Å². The number of nitrogens with one attached hydrogen (secondary N) is 1. The molecule has 21 heavy (non-hydrogen) atoms. The Morgan fingerprint density at radius 2 is 1.81 bits per heavy atom. The van der Waals surface area contributed by atoms with Gasteiger partial charge in [-0.1, -0.05) is 6.07 Å². The van der Waals surface area contributed by atoms with E-state index in [1.54, 1.807) is 12.1 Å². The molecular weight excluding hydrogens is 290 g/mol. The first-order valence-corrected chi connectivity index (χ1v) is 8.89. The summed E-state index contributed by atoms with van der Waals surface area (Å²) in [6.45, 7) is 4.76. The lowest BCUT2D eigenvalue weighted by molar-refractivity contribution is -0.130. The molecule has 118 valence electrons. The summed E-state index contributed by atoms with van der Waals surface area (Å²) in [5, 5.41) is 0. The van der Waals surface area contributed by atoms with Crippen LogP contribution in [0.25, 0.3) is 0 Å². The highest BCUT2D eigenvalue weighted by Crippen LogP contribution is 2.24. The van der Waals surface area contributed by atoms with Crippen molar-refractivity contribution >= 4 is 10.0 Å². The van der Waals surface area contributed by atoms with E-state index in [0.29, 0.717) is 18.1 Å². The third-order valence-corrected chi connectivity index (χ3v) is 4.95. The average molecular weight is 313 g/mol. The van der Waals surface area contributed by atoms with Crippen molar-refractivity contribution in [2.24, 2.45) is 0 Å². The van der Waals surface area contributed by atoms with Crippen LogP contribution in [0.3, 0.4) is 0 Å². The molecule has 5 nitrogen and oxygen atoms in total. The molecule has 0 aliphatic heterocycles. The Hall–Kier alpha value is -0.950. The molecule has 0 radical (unpaired) electrons. The van der Waals surface area contributed by atoms with Crippen LogP contribution in [0.15, 0.2) is 23.1 Å². The zero-order valence-corrected chi connectivity index (χ0v) is 13.4. The van der Waals surface area contributed by atoms with Gasteiger partial charge in [0.2, 0.25) is 10.0 Å². The maximum absolute atomic E-state index is 12.3. The Kier molecular flexibility index (Phi) is 5.75. The maximum Gasteiger partial charge on any atom is 0.240 e. The summed E-state index contributed by atoms with van der Waals surface area (Å²) in [5.74, 6) is 0. The van der Waals surface area contributed by atoms with Gasteiger partial charge in [-0.15, -0.1) is 0 Å². The summed E-state index contributed by atoms with van der Waals surface area (Å²) < 4.78 is 37.9. The van der Waals surface area contributed by atoms with E-state index in [4.69, 9.17) is 9.47 Å². The van der Waals surface area contributed by atoms with Crippen LogP contribution in [0.2, 0.25) is 0 Å². The molecule has 0 saturated heterocycles. The summed E-state index contributed by atoms with van der Waals surface area (Å²) in [6, 6.07) is 5.36. The highest BCUT2D eigenvalue weighted by atomic mass is 32.2. The molecule has 0 saturated carbocycles. The number of ether oxygens (including phenoxy) is 2. The molecule has 0 unspecified atom stereocenters. The minimum Gasteiger partial charge on any atom is -0.352 e. The fraction of sp³-hybridized carbons (Fsp3) is 0.600. The van der Waals surface area contributed by atoms with Crippen LogP contribution in [-0.4, -0.2) is 34.5 Å². The van der Waals surface area contributed by atoms with Crippen molar-refractivity contribution in [2.75, 3.05) is 19.8 Å². The first-order chi connectivity index (χ1) is 10.1. The molecule has 1 aliphatic rings. The Labute approximate surface area is 126 Å². The molecule has 1 N–H and O–H groups in total. The van der Waals surface area contributed by atoms with Gasteiger partial charge in [0.15, 0.2) is 6.29 Å². The second-order valence-corrected chi connectivity index (χ2v) is 6.74. The Morgan fingerprint density at radius 1 is 1.14 bits per heavy atom. The third-order valence-electron chi connectivity index (χ3n) is 3.53. The second-order valence-electron chi connectivity index (χ2n) is 4.98. The van der Waals surface area contributed by atoms with Gasteiger partial charge in [-0.25, -0.2) is 13.1 Å². The minimum atomic E-state index is -3.52. The van der Waals surface area contributed by atoms with Crippen molar-refractivity contribution in [1.82, 2.24) is 4.72 Å². The predicted molar refractivity (Wildman–Crippen MR) is 80.7 cm³/mol. The average Bonchev–Trinajstić information content (AvgIpc) is 2.92. The van der Waals surface area contributed by atoms with Crippen LogP contribution >= 0.6 is 0 Å². The zero-order chi connectivity index (χ0) is 15.3. The molecule has 0 spiro atoms.